The highest BCUT2D eigenvalue weighted by Crippen LogP contribution is 2.22. The summed E-state index contributed by atoms with van der Waals surface area (Å²) in [7, 11) is 1.52. The van der Waals surface area contributed by atoms with E-state index in [0.717, 1.165) is 0 Å². The van der Waals surface area contributed by atoms with E-state index in [1.165, 1.54) is 23.8 Å². The van der Waals surface area contributed by atoms with Crippen LogP contribution in [0, 0.1) is 0 Å². The number of carbonyl (C=O) groups excluding carboxylic acids is 1. The smallest absolute Gasteiger partial charge is 0.259 e. The molecular formula is C23H18ClN3O4. The Bertz CT molecular complexity index is 1320. The number of rotatable bonds is 6. The molecule has 0 aliphatic heterocycles. The summed E-state index contributed by atoms with van der Waals surface area (Å²) < 4.78 is 12.4. The van der Waals surface area contributed by atoms with E-state index in [1.54, 1.807) is 60.7 Å². The molecule has 1 amide bonds. The normalized spacial score (nSPS) is 10.6. The summed E-state index contributed by atoms with van der Waals surface area (Å²) >= 11 is 5.93. The lowest BCUT2D eigenvalue weighted by atomic mass is 10.2. The average molecular weight is 436 g/mol. The summed E-state index contributed by atoms with van der Waals surface area (Å²) in [5.41, 5.74) is 1.71. The fraction of sp³-hybridized carbons (Fsp3) is 0.0870. The molecule has 0 fully saturated rings. The molecule has 0 bridgehead atoms. The van der Waals surface area contributed by atoms with Crippen LogP contribution in [-0.4, -0.2) is 22.4 Å². The topological polar surface area (TPSA) is 81.9 Å². The number of aromatic nitrogens is 2. The third kappa shape index (κ3) is 4.67. The van der Waals surface area contributed by atoms with Crippen LogP contribution >= 0.6 is 11.6 Å². The molecule has 1 N–H and O–H groups in total. The number of benzene rings is 2. The Kier molecular flexibility index (Phi) is 5.86. The summed E-state index contributed by atoms with van der Waals surface area (Å²) in [5, 5.41) is 3.28. The molecule has 0 spiro atoms. The molecule has 2 aromatic carbocycles. The first-order chi connectivity index (χ1) is 15.0. The predicted molar refractivity (Wildman–Crippen MR) is 118 cm³/mol. The third-order valence-corrected chi connectivity index (χ3v) is 4.73. The molecule has 7 nitrogen and oxygen atoms in total. The van der Waals surface area contributed by atoms with Crippen LogP contribution in [0.15, 0.2) is 77.7 Å². The Morgan fingerprint density at radius 3 is 2.77 bits per heavy atom. The largest absolute Gasteiger partial charge is 0.496 e. The van der Waals surface area contributed by atoms with Crippen molar-refractivity contribution in [2.75, 3.05) is 12.4 Å². The third-order valence-electron chi connectivity index (χ3n) is 4.51. The molecule has 8 heteroatoms. The lowest BCUT2D eigenvalue weighted by Gasteiger charge is -2.11. The maximum atomic E-state index is 12.6. The molecule has 0 saturated carbocycles. The molecule has 0 atom stereocenters. The number of hydrogen-bond acceptors (Lipinski definition) is 5. The van der Waals surface area contributed by atoms with E-state index in [4.69, 9.17) is 21.1 Å². The fourth-order valence-corrected chi connectivity index (χ4v) is 3.21. The van der Waals surface area contributed by atoms with Crippen molar-refractivity contribution in [3.05, 3.63) is 99.6 Å². The van der Waals surface area contributed by atoms with Crippen LogP contribution in [0.1, 0.15) is 16.1 Å². The van der Waals surface area contributed by atoms with Crippen LogP contribution < -0.4 is 20.3 Å². The van der Waals surface area contributed by atoms with Crippen molar-refractivity contribution in [3.63, 3.8) is 0 Å². The zero-order chi connectivity index (χ0) is 21.8. The zero-order valence-corrected chi connectivity index (χ0v) is 17.3. The van der Waals surface area contributed by atoms with E-state index in [2.05, 4.69) is 10.3 Å². The second kappa shape index (κ2) is 8.89. The number of ether oxygens (including phenoxy) is 2. The number of anilines is 1. The standard InChI is InChI=1S/C23H18ClN3O4/c1-30-20-8-3-2-7-19(20)23(29)26-16-5-4-6-18(11-16)31-14-17-12-22(28)27-13-15(24)9-10-21(27)25-17/h2-13H,14H2,1H3,(H,26,29). The number of nitrogens with one attached hydrogen (secondary N) is 1. The van der Waals surface area contributed by atoms with Gasteiger partial charge in [-0.25, -0.2) is 4.98 Å². The highest BCUT2D eigenvalue weighted by atomic mass is 35.5. The van der Waals surface area contributed by atoms with Crippen molar-refractivity contribution in [2.24, 2.45) is 0 Å². The molecule has 2 aromatic heterocycles. The lowest BCUT2D eigenvalue weighted by molar-refractivity contribution is 0.102. The Morgan fingerprint density at radius 2 is 1.94 bits per heavy atom. The van der Waals surface area contributed by atoms with Gasteiger partial charge in [-0.3, -0.25) is 14.0 Å². The Balaban J connectivity index is 1.48. The molecule has 4 rings (SSSR count). The Hall–Kier alpha value is -3.84. The van der Waals surface area contributed by atoms with Crippen LogP contribution in [-0.2, 0) is 6.61 Å². The number of fused-ring (bicyclic) bond motifs is 1. The van der Waals surface area contributed by atoms with Gasteiger partial charge in [0.05, 0.1) is 23.4 Å². The van der Waals surface area contributed by atoms with Crippen molar-refractivity contribution in [1.29, 1.82) is 0 Å². The summed E-state index contributed by atoms with van der Waals surface area (Å²) in [4.78, 5) is 29.3. The first-order valence-corrected chi connectivity index (χ1v) is 9.76. The van der Waals surface area contributed by atoms with Crippen LogP contribution in [0.2, 0.25) is 5.02 Å². The SMILES string of the molecule is COc1ccccc1C(=O)Nc1cccc(OCc2cc(=O)n3cc(Cl)ccc3n2)c1. The summed E-state index contributed by atoms with van der Waals surface area (Å²) in [6, 6.07) is 18.7. The minimum atomic E-state index is -0.294. The quantitative estimate of drug-likeness (QED) is 0.491. The number of pyridine rings is 1. The molecule has 0 unspecified atom stereocenters. The second-order valence-corrected chi connectivity index (χ2v) is 7.07. The molecule has 156 valence electrons. The van der Waals surface area contributed by atoms with E-state index >= 15 is 0 Å². The first-order valence-electron chi connectivity index (χ1n) is 9.38. The van der Waals surface area contributed by atoms with Gasteiger partial charge in [-0.1, -0.05) is 29.8 Å². The second-order valence-electron chi connectivity index (χ2n) is 6.63. The van der Waals surface area contributed by atoms with E-state index < -0.39 is 0 Å². The number of para-hydroxylation sites is 1. The van der Waals surface area contributed by atoms with Crippen molar-refractivity contribution in [3.8, 4) is 11.5 Å². The summed E-state index contributed by atoms with van der Waals surface area (Å²) in [6.45, 7) is 0.0955. The van der Waals surface area contributed by atoms with Gasteiger partial charge in [0.15, 0.2) is 0 Å². The molecule has 31 heavy (non-hydrogen) atoms. The fourth-order valence-electron chi connectivity index (χ4n) is 3.05. The number of carbonyl (C=O) groups is 1. The molecule has 0 aliphatic rings. The van der Waals surface area contributed by atoms with Gasteiger partial charge in [0.25, 0.3) is 11.5 Å². The minimum absolute atomic E-state index is 0.0955. The Labute approximate surface area is 182 Å². The van der Waals surface area contributed by atoms with Gasteiger partial charge in [0.1, 0.15) is 23.8 Å². The monoisotopic (exact) mass is 435 g/mol. The highest BCUT2D eigenvalue weighted by Gasteiger charge is 2.12. The van der Waals surface area contributed by atoms with Gasteiger partial charge in [-0.2, -0.15) is 0 Å². The Morgan fingerprint density at radius 1 is 1.10 bits per heavy atom. The number of halogens is 1. The summed E-state index contributed by atoms with van der Waals surface area (Å²) in [6.07, 6.45) is 1.52. The van der Waals surface area contributed by atoms with Gasteiger partial charge in [0, 0.05) is 24.0 Å². The molecule has 0 radical (unpaired) electrons. The van der Waals surface area contributed by atoms with E-state index in [0.29, 0.717) is 39.1 Å². The molecule has 0 saturated heterocycles. The van der Waals surface area contributed by atoms with Crippen LogP contribution in [0.5, 0.6) is 11.5 Å². The van der Waals surface area contributed by atoms with Gasteiger partial charge in [-0.05, 0) is 36.4 Å². The molecule has 4 aromatic rings. The minimum Gasteiger partial charge on any atom is -0.496 e. The average Bonchev–Trinajstić information content (AvgIpc) is 2.78. The number of hydrogen-bond donors (Lipinski definition) is 1. The van der Waals surface area contributed by atoms with Crippen molar-refractivity contribution < 1.29 is 14.3 Å². The lowest BCUT2D eigenvalue weighted by Crippen LogP contribution is -2.16. The summed E-state index contributed by atoms with van der Waals surface area (Å²) in [5.74, 6) is 0.718. The van der Waals surface area contributed by atoms with Gasteiger partial charge in [0.2, 0.25) is 0 Å². The molecular weight excluding hydrogens is 418 g/mol. The molecule has 0 aliphatic carbocycles. The number of nitrogens with zero attached hydrogens (tertiary/aromatic N) is 2. The maximum Gasteiger partial charge on any atom is 0.259 e. The molecule has 2 heterocycles. The first kappa shape index (κ1) is 20.4. The van der Waals surface area contributed by atoms with Crippen LogP contribution in [0.3, 0.4) is 0 Å². The highest BCUT2D eigenvalue weighted by molar-refractivity contribution is 6.30. The van der Waals surface area contributed by atoms with Crippen molar-refractivity contribution in [1.82, 2.24) is 9.38 Å². The van der Waals surface area contributed by atoms with E-state index in [9.17, 15) is 9.59 Å². The van der Waals surface area contributed by atoms with Gasteiger partial charge < -0.3 is 14.8 Å². The number of amides is 1. The maximum absolute atomic E-state index is 12.6. The van der Waals surface area contributed by atoms with Crippen molar-refractivity contribution in [2.45, 2.75) is 6.61 Å². The van der Waals surface area contributed by atoms with Gasteiger partial charge in [-0.15, -0.1) is 0 Å². The number of methoxy groups -OCH3 is 1. The van der Waals surface area contributed by atoms with Crippen LogP contribution in [0.25, 0.3) is 5.65 Å². The van der Waals surface area contributed by atoms with E-state index in [1.807, 2.05) is 0 Å². The van der Waals surface area contributed by atoms with Gasteiger partial charge >= 0.3 is 0 Å². The van der Waals surface area contributed by atoms with Crippen molar-refractivity contribution >= 4 is 28.8 Å². The van der Waals surface area contributed by atoms with Crippen LogP contribution in [0.4, 0.5) is 5.69 Å². The van der Waals surface area contributed by atoms with E-state index in [-0.39, 0.29) is 18.1 Å². The predicted octanol–water partition coefficient (Wildman–Crippen LogP) is 4.19. The zero-order valence-electron chi connectivity index (χ0n) is 16.5.